The molecule has 0 radical (unpaired) electrons. The van der Waals surface area contributed by atoms with Crippen LogP contribution in [0.1, 0.15) is 18.5 Å². The Hall–Kier alpha value is -1.86. The van der Waals surface area contributed by atoms with Gasteiger partial charge in [-0.1, -0.05) is 0 Å². The highest BCUT2D eigenvalue weighted by molar-refractivity contribution is 5.76. The van der Waals surface area contributed by atoms with Gasteiger partial charge in [-0.05, 0) is 18.6 Å². The van der Waals surface area contributed by atoms with Gasteiger partial charge in [-0.3, -0.25) is 4.79 Å². The van der Waals surface area contributed by atoms with Gasteiger partial charge < -0.3 is 10.2 Å². The van der Waals surface area contributed by atoms with Gasteiger partial charge in [0.2, 0.25) is 5.91 Å². The molecule has 0 spiro atoms. The number of likely N-dealkylation sites (N-methyl/N-ethyl adjacent to an activating group) is 1. The van der Waals surface area contributed by atoms with Crippen LogP contribution in [0.3, 0.4) is 0 Å². The van der Waals surface area contributed by atoms with E-state index in [9.17, 15) is 18.0 Å². The molecule has 2 rings (SSSR count). The number of carbonyl (C=O) groups is 1. The number of hydrogen-bond donors (Lipinski definition) is 1. The molecule has 1 unspecified atom stereocenters. The van der Waals surface area contributed by atoms with Crippen LogP contribution in [-0.2, 0) is 11.0 Å². The minimum absolute atomic E-state index is 0.0197. The zero-order chi connectivity index (χ0) is 14.0. The number of hydrogen-bond acceptors (Lipinski definition) is 4. The van der Waals surface area contributed by atoms with Crippen LogP contribution in [0.4, 0.5) is 19.0 Å². The highest BCUT2D eigenvalue weighted by Gasteiger charge is 2.33. The van der Waals surface area contributed by atoms with Crippen LogP contribution in [-0.4, -0.2) is 40.6 Å². The van der Waals surface area contributed by atoms with Crippen molar-refractivity contribution in [3.05, 3.63) is 17.8 Å². The molecule has 1 aromatic heterocycles. The van der Waals surface area contributed by atoms with E-state index in [0.29, 0.717) is 19.4 Å². The minimum atomic E-state index is -4.48. The third-order valence-corrected chi connectivity index (χ3v) is 2.93. The average molecular weight is 274 g/mol. The summed E-state index contributed by atoms with van der Waals surface area (Å²) in [6.07, 6.45) is -3.43. The van der Waals surface area contributed by atoms with Gasteiger partial charge in [0.25, 0.3) is 0 Å². The molecular weight excluding hydrogens is 261 g/mol. The van der Waals surface area contributed by atoms with E-state index in [1.807, 2.05) is 0 Å². The third kappa shape index (κ3) is 3.33. The number of carbonyl (C=O) groups excluding carboxylic acids is 1. The van der Waals surface area contributed by atoms with Crippen molar-refractivity contribution in [3.63, 3.8) is 0 Å². The summed E-state index contributed by atoms with van der Waals surface area (Å²) in [6.45, 7) is 0.502. The van der Waals surface area contributed by atoms with Gasteiger partial charge in [-0.2, -0.15) is 13.2 Å². The van der Waals surface area contributed by atoms with E-state index in [1.54, 1.807) is 11.9 Å². The van der Waals surface area contributed by atoms with Crippen molar-refractivity contribution in [1.82, 2.24) is 15.1 Å². The molecule has 0 aromatic carbocycles. The predicted molar refractivity (Wildman–Crippen MR) is 61.3 cm³/mol. The van der Waals surface area contributed by atoms with Gasteiger partial charge in [0.15, 0.2) is 5.69 Å². The molecule has 0 bridgehead atoms. The van der Waals surface area contributed by atoms with E-state index >= 15 is 0 Å². The van der Waals surface area contributed by atoms with Gasteiger partial charge in [0.1, 0.15) is 5.82 Å². The second-order valence-electron chi connectivity index (χ2n) is 4.46. The number of likely N-dealkylation sites (tertiary alicyclic amines) is 1. The summed E-state index contributed by atoms with van der Waals surface area (Å²) in [6, 6.07) is 2.10. The number of nitrogens with zero attached hydrogens (tertiary/aromatic N) is 3. The lowest BCUT2D eigenvalue weighted by Gasteiger charge is -2.30. The summed E-state index contributed by atoms with van der Waals surface area (Å²) in [5.41, 5.74) is -1.02. The molecule has 1 aliphatic heterocycles. The molecule has 1 aliphatic rings. The van der Waals surface area contributed by atoms with E-state index < -0.39 is 11.9 Å². The van der Waals surface area contributed by atoms with Crippen LogP contribution < -0.4 is 5.32 Å². The molecule has 0 saturated carbocycles. The van der Waals surface area contributed by atoms with Gasteiger partial charge in [-0.25, -0.2) is 0 Å². The normalized spacial score (nSPS) is 20.5. The fraction of sp³-hybridized carbons (Fsp3) is 0.545. The predicted octanol–water partition coefficient (Wildman–Crippen LogP) is 1.53. The maximum Gasteiger partial charge on any atom is 0.435 e. The Morgan fingerprint density at radius 1 is 1.37 bits per heavy atom. The molecule has 2 heterocycles. The molecule has 8 heteroatoms. The SMILES string of the molecule is CN1CC(Nc2ccc(C(F)(F)F)nn2)CCC1=O. The number of aromatic nitrogens is 2. The lowest BCUT2D eigenvalue weighted by molar-refractivity contribution is -0.141. The van der Waals surface area contributed by atoms with Crippen molar-refractivity contribution in [2.75, 3.05) is 18.9 Å². The molecule has 104 valence electrons. The monoisotopic (exact) mass is 274 g/mol. The molecule has 19 heavy (non-hydrogen) atoms. The van der Waals surface area contributed by atoms with Crippen LogP contribution >= 0.6 is 0 Å². The van der Waals surface area contributed by atoms with E-state index in [2.05, 4.69) is 15.5 Å². The third-order valence-electron chi connectivity index (χ3n) is 2.93. The van der Waals surface area contributed by atoms with Crippen molar-refractivity contribution >= 4 is 11.7 Å². The zero-order valence-electron chi connectivity index (χ0n) is 10.2. The molecule has 1 saturated heterocycles. The lowest BCUT2D eigenvalue weighted by atomic mass is 10.1. The second-order valence-corrected chi connectivity index (χ2v) is 4.46. The second kappa shape index (κ2) is 5.02. The average Bonchev–Trinajstić information content (AvgIpc) is 2.33. The Bertz CT molecular complexity index is 460. The number of amides is 1. The summed E-state index contributed by atoms with van der Waals surface area (Å²) in [5.74, 6) is 0.345. The van der Waals surface area contributed by atoms with Crippen LogP contribution in [0.5, 0.6) is 0 Å². The summed E-state index contributed by atoms with van der Waals surface area (Å²) in [4.78, 5) is 12.9. The molecule has 1 aromatic rings. The standard InChI is InChI=1S/C11H13F3N4O/c1-18-6-7(2-5-10(18)19)15-9-4-3-8(16-17-9)11(12,13)14/h3-4,7H,2,5-6H2,1H3,(H,15,17). The molecule has 1 fully saturated rings. The number of halogens is 3. The number of nitrogens with one attached hydrogen (secondary N) is 1. The molecule has 1 amide bonds. The number of rotatable bonds is 2. The topological polar surface area (TPSA) is 58.1 Å². The zero-order valence-corrected chi connectivity index (χ0v) is 10.2. The molecule has 1 N–H and O–H groups in total. The molecule has 0 aliphatic carbocycles. The Morgan fingerprint density at radius 3 is 2.63 bits per heavy atom. The first-order valence-corrected chi connectivity index (χ1v) is 5.77. The quantitative estimate of drug-likeness (QED) is 0.888. The van der Waals surface area contributed by atoms with Crippen molar-refractivity contribution in [2.24, 2.45) is 0 Å². The fourth-order valence-corrected chi connectivity index (χ4v) is 1.90. The van der Waals surface area contributed by atoms with Gasteiger partial charge in [0.05, 0.1) is 0 Å². The molecular formula is C11H13F3N4O. The maximum atomic E-state index is 12.3. The van der Waals surface area contributed by atoms with E-state index in [4.69, 9.17) is 0 Å². The van der Waals surface area contributed by atoms with Crippen LogP contribution in [0.25, 0.3) is 0 Å². The van der Waals surface area contributed by atoms with Gasteiger partial charge in [-0.15, -0.1) is 10.2 Å². The highest BCUT2D eigenvalue weighted by atomic mass is 19.4. The van der Waals surface area contributed by atoms with Gasteiger partial charge in [0, 0.05) is 26.1 Å². The maximum absolute atomic E-state index is 12.3. The first-order valence-electron chi connectivity index (χ1n) is 5.77. The summed E-state index contributed by atoms with van der Waals surface area (Å²) in [5, 5.41) is 9.61. The highest BCUT2D eigenvalue weighted by Crippen LogP contribution is 2.27. The van der Waals surface area contributed by atoms with Crippen LogP contribution in [0, 0.1) is 0 Å². The summed E-state index contributed by atoms with van der Waals surface area (Å²) in [7, 11) is 1.69. The van der Waals surface area contributed by atoms with Gasteiger partial charge >= 0.3 is 6.18 Å². The lowest BCUT2D eigenvalue weighted by Crippen LogP contribution is -2.43. The number of alkyl halides is 3. The Kier molecular flexibility index (Phi) is 3.59. The van der Waals surface area contributed by atoms with Crippen molar-refractivity contribution in [2.45, 2.75) is 25.1 Å². The number of piperidine rings is 1. The summed E-state index contributed by atoms with van der Waals surface area (Å²) >= 11 is 0. The van der Waals surface area contributed by atoms with E-state index in [-0.39, 0.29) is 17.8 Å². The Labute approximate surface area is 107 Å². The van der Waals surface area contributed by atoms with Crippen LogP contribution in [0.2, 0.25) is 0 Å². The Morgan fingerprint density at radius 2 is 2.11 bits per heavy atom. The van der Waals surface area contributed by atoms with E-state index in [0.717, 1.165) is 6.07 Å². The van der Waals surface area contributed by atoms with Crippen molar-refractivity contribution in [1.29, 1.82) is 0 Å². The molecule has 1 atom stereocenters. The van der Waals surface area contributed by atoms with Crippen molar-refractivity contribution < 1.29 is 18.0 Å². The smallest absolute Gasteiger partial charge is 0.364 e. The molecule has 5 nitrogen and oxygen atoms in total. The first kappa shape index (κ1) is 13.6. The Balaban J connectivity index is 1.98. The van der Waals surface area contributed by atoms with Crippen molar-refractivity contribution in [3.8, 4) is 0 Å². The van der Waals surface area contributed by atoms with Crippen LogP contribution in [0.15, 0.2) is 12.1 Å². The summed E-state index contributed by atoms with van der Waals surface area (Å²) < 4.78 is 36.9. The number of anilines is 1. The minimum Gasteiger partial charge on any atom is -0.364 e. The fourth-order valence-electron chi connectivity index (χ4n) is 1.90. The largest absolute Gasteiger partial charge is 0.435 e. The first-order chi connectivity index (χ1) is 8.86. The van der Waals surface area contributed by atoms with E-state index in [1.165, 1.54) is 6.07 Å².